The van der Waals surface area contributed by atoms with Crippen molar-refractivity contribution in [1.29, 1.82) is 0 Å². The zero-order valence-electron chi connectivity index (χ0n) is 20.6. The normalized spacial score (nSPS) is 11.8. The molecule has 0 aromatic heterocycles. The van der Waals surface area contributed by atoms with Crippen LogP contribution in [0.25, 0.3) is 0 Å². The van der Waals surface area contributed by atoms with Gasteiger partial charge in [0.15, 0.2) is 0 Å². The first-order chi connectivity index (χ1) is 16.8. The summed E-state index contributed by atoms with van der Waals surface area (Å²) in [4.78, 5) is 13.0. The molecule has 0 spiro atoms. The Kier molecular flexibility index (Phi) is 8.07. The van der Waals surface area contributed by atoms with Crippen LogP contribution in [0, 0.1) is 6.92 Å². The van der Waals surface area contributed by atoms with E-state index < -0.39 is 26.0 Å². The Morgan fingerprint density at radius 1 is 0.889 bits per heavy atom. The van der Waals surface area contributed by atoms with Crippen LogP contribution in [0.1, 0.15) is 29.8 Å². The number of benzene rings is 3. The molecule has 11 heteroatoms. The number of hydrogen-bond donors (Lipinski definition) is 2. The second kappa shape index (κ2) is 10.7. The molecule has 36 heavy (non-hydrogen) atoms. The number of anilines is 2. The lowest BCUT2D eigenvalue weighted by Gasteiger charge is -2.20. The number of rotatable bonds is 9. The average molecular weight is 532 g/mol. The van der Waals surface area contributed by atoms with Crippen molar-refractivity contribution in [1.82, 2.24) is 4.72 Å². The van der Waals surface area contributed by atoms with Crippen LogP contribution in [0.3, 0.4) is 0 Å². The number of nitrogens with one attached hydrogen (secondary N) is 2. The first kappa shape index (κ1) is 27.2. The summed E-state index contributed by atoms with van der Waals surface area (Å²) in [6, 6.07) is 16.4. The summed E-state index contributed by atoms with van der Waals surface area (Å²) in [7, 11) is -4.71. The lowest BCUT2D eigenvalue weighted by molar-refractivity contribution is 0.102. The number of aryl methyl sites for hydroxylation is 1. The van der Waals surface area contributed by atoms with Gasteiger partial charge in [0.1, 0.15) is 5.75 Å². The number of amides is 1. The molecule has 0 unspecified atom stereocenters. The van der Waals surface area contributed by atoms with Crippen LogP contribution in [0.4, 0.5) is 11.4 Å². The van der Waals surface area contributed by atoms with E-state index in [-0.39, 0.29) is 32.8 Å². The van der Waals surface area contributed by atoms with E-state index >= 15 is 0 Å². The maximum absolute atomic E-state index is 12.9. The van der Waals surface area contributed by atoms with E-state index in [2.05, 4.69) is 10.0 Å². The Labute approximate surface area is 212 Å². The van der Waals surface area contributed by atoms with Crippen LogP contribution < -0.4 is 19.1 Å². The number of ether oxygens (including phenoxy) is 1. The summed E-state index contributed by atoms with van der Waals surface area (Å²) in [5.41, 5.74) is 1.74. The lowest BCUT2D eigenvalue weighted by atomic mass is 10.2. The van der Waals surface area contributed by atoms with Gasteiger partial charge in [-0.2, -0.15) is 0 Å². The van der Waals surface area contributed by atoms with Crippen LogP contribution in [-0.2, 0) is 20.0 Å². The van der Waals surface area contributed by atoms with Crippen molar-refractivity contribution in [2.45, 2.75) is 36.6 Å². The monoisotopic (exact) mass is 531 g/mol. The highest BCUT2D eigenvalue weighted by atomic mass is 32.2. The van der Waals surface area contributed by atoms with Gasteiger partial charge in [-0.05, 0) is 75.4 Å². The van der Waals surface area contributed by atoms with Crippen molar-refractivity contribution in [3.8, 4) is 5.75 Å². The first-order valence-corrected chi connectivity index (χ1v) is 13.9. The quantitative estimate of drug-likeness (QED) is 0.434. The maximum Gasteiger partial charge on any atom is 0.264 e. The van der Waals surface area contributed by atoms with Crippen LogP contribution in [0.5, 0.6) is 5.75 Å². The van der Waals surface area contributed by atoms with E-state index in [0.717, 1.165) is 9.87 Å². The standard InChI is InChI=1S/C25H29N3O6S2/c1-17(2)27-35(30,31)22-14-15-24(34-5)23(16-22)26-25(29)19-8-10-20(11-9-19)28(4)36(32,33)21-12-6-18(3)7-13-21/h6-17,27H,1-5H3,(H,26,29). The summed E-state index contributed by atoms with van der Waals surface area (Å²) in [5.74, 6) is -0.234. The van der Waals surface area contributed by atoms with Crippen molar-refractivity contribution in [3.63, 3.8) is 0 Å². The number of hydrogen-bond acceptors (Lipinski definition) is 6. The van der Waals surface area contributed by atoms with Gasteiger partial charge in [0.2, 0.25) is 10.0 Å². The molecule has 1 amide bonds. The summed E-state index contributed by atoms with van der Waals surface area (Å²) >= 11 is 0. The number of carbonyl (C=O) groups excluding carboxylic acids is 1. The zero-order chi connectivity index (χ0) is 26.7. The van der Waals surface area contributed by atoms with E-state index in [1.54, 1.807) is 38.1 Å². The van der Waals surface area contributed by atoms with Gasteiger partial charge in [0.05, 0.1) is 28.3 Å². The highest BCUT2D eigenvalue weighted by molar-refractivity contribution is 7.92. The molecule has 0 saturated carbocycles. The van der Waals surface area contributed by atoms with Crippen molar-refractivity contribution in [3.05, 3.63) is 77.9 Å². The van der Waals surface area contributed by atoms with Gasteiger partial charge < -0.3 is 10.1 Å². The second-order valence-electron chi connectivity index (χ2n) is 8.42. The summed E-state index contributed by atoms with van der Waals surface area (Å²) in [6.07, 6.45) is 0. The molecule has 0 aliphatic rings. The topological polar surface area (TPSA) is 122 Å². The molecular weight excluding hydrogens is 502 g/mol. The van der Waals surface area contributed by atoms with Crippen LogP contribution in [0.2, 0.25) is 0 Å². The molecule has 0 heterocycles. The van der Waals surface area contributed by atoms with Crippen molar-refractivity contribution in [2.24, 2.45) is 0 Å². The minimum Gasteiger partial charge on any atom is -0.495 e. The molecule has 0 bridgehead atoms. The van der Waals surface area contributed by atoms with E-state index in [9.17, 15) is 21.6 Å². The molecule has 192 valence electrons. The highest BCUT2D eigenvalue weighted by Crippen LogP contribution is 2.29. The molecule has 2 N–H and O–H groups in total. The minimum atomic E-state index is -3.78. The van der Waals surface area contributed by atoms with E-state index in [0.29, 0.717) is 5.69 Å². The molecular formula is C25H29N3O6S2. The van der Waals surface area contributed by atoms with Gasteiger partial charge >= 0.3 is 0 Å². The summed E-state index contributed by atoms with van der Waals surface area (Å²) < 4.78 is 59.8. The number of methoxy groups -OCH3 is 1. The van der Waals surface area contributed by atoms with Crippen LogP contribution in [-0.4, -0.2) is 42.9 Å². The van der Waals surface area contributed by atoms with E-state index in [1.165, 1.54) is 56.6 Å². The second-order valence-corrected chi connectivity index (χ2v) is 12.1. The summed E-state index contributed by atoms with van der Waals surface area (Å²) in [5, 5.41) is 2.67. The third-order valence-electron chi connectivity index (χ3n) is 5.29. The number of nitrogens with zero attached hydrogens (tertiary/aromatic N) is 1. The maximum atomic E-state index is 12.9. The van der Waals surface area contributed by atoms with Gasteiger partial charge in [-0.15, -0.1) is 0 Å². The van der Waals surface area contributed by atoms with Gasteiger partial charge in [0, 0.05) is 18.7 Å². The van der Waals surface area contributed by atoms with Crippen molar-refractivity contribution >= 4 is 37.3 Å². The molecule has 3 aromatic carbocycles. The molecule has 9 nitrogen and oxygen atoms in total. The molecule has 3 aromatic rings. The fraction of sp³-hybridized carbons (Fsp3) is 0.240. The molecule has 0 aliphatic carbocycles. The SMILES string of the molecule is COc1ccc(S(=O)(=O)NC(C)C)cc1NC(=O)c1ccc(N(C)S(=O)(=O)c2ccc(C)cc2)cc1. The zero-order valence-corrected chi connectivity index (χ0v) is 22.3. The predicted octanol–water partition coefficient (Wildman–Crippen LogP) is 3.77. The van der Waals surface area contributed by atoms with Crippen molar-refractivity contribution in [2.75, 3.05) is 23.8 Å². The van der Waals surface area contributed by atoms with Crippen LogP contribution >= 0.6 is 0 Å². The minimum absolute atomic E-state index is 0.0226. The Bertz CT molecular complexity index is 1450. The fourth-order valence-corrected chi connectivity index (χ4v) is 5.83. The molecule has 0 radical (unpaired) electrons. The Hall–Kier alpha value is -3.41. The Morgan fingerprint density at radius 3 is 2.03 bits per heavy atom. The summed E-state index contributed by atoms with van der Waals surface area (Å²) in [6.45, 7) is 5.28. The number of sulfonamides is 2. The highest BCUT2D eigenvalue weighted by Gasteiger charge is 2.22. The average Bonchev–Trinajstić information content (AvgIpc) is 2.83. The van der Waals surface area contributed by atoms with E-state index in [4.69, 9.17) is 4.74 Å². The van der Waals surface area contributed by atoms with Crippen molar-refractivity contribution < 1.29 is 26.4 Å². The fourth-order valence-electron chi connectivity index (χ4n) is 3.35. The van der Waals surface area contributed by atoms with E-state index in [1.807, 2.05) is 6.92 Å². The van der Waals surface area contributed by atoms with Crippen LogP contribution in [0.15, 0.2) is 76.5 Å². The first-order valence-electron chi connectivity index (χ1n) is 11.0. The third-order valence-corrected chi connectivity index (χ3v) is 8.75. The molecule has 0 atom stereocenters. The smallest absolute Gasteiger partial charge is 0.264 e. The third kappa shape index (κ3) is 6.04. The Morgan fingerprint density at radius 2 is 1.47 bits per heavy atom. The largest absolute Gasteiger partial charge is 0.495 e. The van der Waals surface area contributed by atoms with Gasteiger partial charge in [-0.1, -0.05) is 17.7 Å². The molecule has 0 saturated heterocycles. The lowest BCUT2D eigenvalue weighted by Crippen LogP contribution is -2.30. The Balaban J connectivity index is 1.83. The van der Waals surface area contributed by atoms with Gasteiger partial charge in [-0.3, -0.25) is 9.10 Å². The number of carbonyl (C=O) groups is 1. The molecule has 0 aliphatic heterocycles. The van der Waals surface area contributed by atoms with Gasteiger partial charge in [0.25, 0.3) is 15.9 Å². The molecule has 3 rings (SSSR count). The predicted molar refractivity (Wildman–Crippen MR) is 140 cm³/mol. The molecule has 0 fully saturated rings. The van der Waals surface area contributed by atoms with Gasteiger partial charge in [-0.25, -0.2) is 21.6 Å².